The van der Waals surface area contributed by atoms with E-state index >= 15 is 0 Å². The number of rotatable bonds is 10. The van der Waals surface area contributed by atoms with E-state index in [4.69, 9.17) is 4.74 Å². The van der Waals surface area contributed by atoms with Crippen LogP contribution in [-0.4, -0.2) is 61.8 Å². The number of hydrogen-bond donors (Lipinski definition) is 3. The third-order valence-electron chi connectivity index (χ3n) is 6.34. The summed E-state index contributed by atoms with van der Waals surface area (Å²) in [6, 6.07) is 19.2. The molecule has 1 aliphatic rings. The predicted molar refractivity (Wildman–Crippen MR) is 137 cm³/mol. The lowest BCUT2D eigenvalue weighted by Gasteiger charge is -2.32. The first-order valence-electron chi connectivity index (χ1n) is 12.2. The van der Waals surface area contributed by atoms with Crippen molar-refractivity contribution in [2.24, 2.45) is 4.99 Å². The summed E-state index contributed by atoms with van der Waals surface area (Å²) in [5.74, 6) is 0.851. The van der Waals surface area contributed by atoms with Gasteiger partial charge >= 0.3 is 0 Å². The molecule has 0 saturated carbocycles. The number of likely N-dealkylation sites (tertiary alicyclic amines) is 1. The first-order chi connectivity index (χ1) is 16.3. The number of nitrogens with zero attached hydrogens (tertiary/aromatic N) is 2. The maximum absolute atomic E-state index is 6.14. The van der Waals surface area contributed by atoms with Gasteiger partial charge in [-0.25, -0.2) is 0 Å². The summed E-state index contributed by atoms with van der Waals surface area (Å²) in [7, 11) is 1.82. The number of aliphatic imine (C=N–C) groups is 1. The molecule has 0 radical (unpaired) electrons. The van der Waals surface area contributed by atoms with Crippen LogP contribution in [0.4, 0.5) is 0 Å². The number of hydrogen-bond acceptors (Lipinski definition) is 3. The largest absolute Gasteiger partial charge is 0.378 e. The lowest BCUT2D eigenvalue weighted by Crippen LogP contribution is -2.39. The van der Waals surface area contributed by atoms with E-state index in [1.54, 1.807) is 0 Å². The van der Waals surface area contributed by atoms with Gasteiger partial charge in [-0.05, 0) is 42.9 Å². The Morgan fingerprint density at radius 1 is 1.03 bits per heavy atom. The first-order valence-corrected chi connectivity index (χ1v) is 12.2. The van der Waals surface area contributed by atoms with Crippen LogP contribution in [0.15, 0.2) is 65.8 Å². The third kappa shape index (κ3) is 7.07. The predicted octanol–water partition coefficient (Wildman–Crippen LogP) is 3.95. The zero-order valence-electron chi connectivity index (χ0n) is 19.7. The van der Waals surface area contributed by atoms with Gasteiger partial charge in [-0.3, -0.25) is 9.89 Å². The summed E-state index contributed by atoms with van der Waals surface area (Å²) in [5, 5.41) is 8.11. The molecule has 1 aliphatic heterocycles. The van der Waals surface area contributed by atoms with E-state index in [1.165, 1.54) is 22.0 Å². The fourth-order valence-electron chi connectivity index (χ4n) is 4.48. The van der Waals surface area contributed by atoms with Crippen LogP contribution in [0.25, 0.3) is 10.9 Å². The second-order valence-corrected chi connectivity index (χ2v) is 8.72. The smallest absolute Gasteiger partial charge is 0.190 e. The number of ether oxygens (including phenoxy) is 1. The van der Waals surface area contributed by atoms with Crippen LogP contribution in [0.3, 0.4) is 0 Å². The zero-order valence-corrected chi connectivity index (χ0v) is 19.7. The summed E-state index contributed by atoms with van der Waals surface area (Å²) >= 11 is 0. The summed E-state index contributed by atoms with van der Waals surface area (Å²) in [6.07, 6.45) is 6.68. The molecule has 0 bridgehead atoms. The molecule has 1 fully saturated rings. The van der Waals surface area contributed by atoms with Crippen molar-refractivity contribution in [3.05, 3.63) is 71.9 Å². The quantitative estimate of drug-likeness (QED) is 0.250. The van der Waals surface area contributed by atoms with Gasteiger partial charge in [0.15, 0.2) is 5.96 Å². The first kappa shape index (κ1) is 23.3. The Hall–Kier alpha value is -2.83. The minimum atomic E-state index is 0.394. The van der Waals surface area contributed by atoms with Crippen molar-refractivity contribution in [1.82, 2.24) is 20.5 Å². The van der Waals surface area contributed by atoms with E-state index in [0.29, 0.717) is 6.10 Å². The monoisotopic (exact) mass is 447 g/mol. The van der Waals surface area contributed by atoms with Gasteiger partial charge in [0.2, 0.25) is 0 Å². The van der Waals surface area contributed by atoms with Crippen molar-refractivity contribution < 1.29 is 4.74 Å². The van der Waals surface area contributed by atoms with Gasteiger partial charge in [-0.15, -0.1) is 0 Å². The van der Waals surface area contributed by atoms with Crippen LogP contribution >= 0.6 is 0 Å². The lowest BCUT2D eigenvalue weighted by atomic mass is 10.1. The van der Waals surface area contributed by atoms with Crippen molar-refractivity contribution in [2.45, 2.75) is 38.3 Å². The number of para-hydroxylation sites is 1. The fraction of sp³-hybridized carbons (Fsp3) is 0.444. The molecule has 33 heavy (non-hydrogen) atoms. The lowest BCUT2D eigenvalue weighted by molar-refractivity contribution is 0.00534. The van der Waals surface area contributed by atoms with Crippen LogP contribution in [0.2, 0.25) is 0 Å². The minimum Gasteiger partial charge on any atom is -0.378 e. The molecule has 3 N–H and O–H groups in total. The maximum atomic E-state index is 6.14. The van der Waals surface area contributed by atoms with Gasteiger partial charge in [0.05, 0.1) is 6.10 Å². The van der Waals surface area contributed by atoms with Crippen LogP contribution in [0.5, 0.6) is 0 Å². The standard InChI is InChI=1S/C27H37N5O/c1-28-27(30-16-12-23-20-31-26-11-6-5-10-25(23)26)29-15-7-19-33-24-13-17-32(18-14-24)21-22-8-3-2-4-9-22/h2-6,8-11,20,24,31H,7,12-19,21H2,1H3,(H2,28,29,30). The minimum absolute atomic E-state index is 0.394. The van der Waals surface area contributed by atoms with Gasteiger partial charge in [-0.2, -0.15) is 0 Å². The van der Waals surface area contributed by atoms with Gasteiger partial charge in [0.25, 0.3) is 0 Å². The highest BCUT2D eigenvalue weighted by atomic mass is 16.5. The molecule has 0 atom stereocenters. The molecule has 0 unspecified atom stereocenters. The molecule has 176 valence electrons. The molecule has 3 aromatic rings. The molecule has 2 aromatic carbocycles. The normalized spacial score (nSPS) is 15.7. The molecular formula is C27H37N5O. The highest BCUT2D eigenvalue weighted by Crippen LogP contribution is 2.18. The summed E-state index contributed by atoms with van der Waals surface area (Å²) in [5.41, 5.74) is 3.92. The Labute approximate surface area is 197 Å². The molecule has 4 rings (SSSR count). The van der Waals surface area contributed by atoms with Gasteiger partial charge < -0.3 is 20.4 Å². The van der Waals surface area contributed by atoms with E-state index < -0.39 is 0 Å². The van der Waals surface area contributed by atoms with E-state index in [-0.39, 0.29) is 0 Å². The van der Waals surface area contributed by atoms with Crippen LogP contribution < -0.4 is 10.6 Å². The van der Waals surface area contributed by atoms with Gasteiger partial charge in [0, 0.05) is 63.5 Å². The maximum Gasteiger partial charge on any atom is 0.190 e. The average Bonchev–Trinajstić information content (AvgIpc) is 3.27. The number of aromatic nitrogens is 1. The fourth-order valence-corrected chi connectivity index (χ4v) is 4.48. The van der Waals surface area contributed by atoms with E-state index in [2.05, 4.69) is 86.3 Å². The molecule has 6 nitrogen and oxygen atoms in total. The molecule has 1 aromatic heterocycles. The second kappa shape index (κ2) is 12.4. The van der Waals surface area contributed by atoms with E-state index in [9.17, 15) is 0 Å². The number of guanidine groups is 1. The van der Waals surface area contributed by atoms with E-state index in [0.717, 1.165) is 71.0 Å². The third-order valence-corrected chi connectivity index (χ3v) is 6.34. The summed E-state index contributed by atoms with van der Waals surface area (Å²) < 4.78 is 6.14. The molecular weight excluding hydrogens is 410 g/mol. The van der Waals surface area contributed by atoms with Crippen LogP contribution in [-0.2, 0) is 17.7 Å². The van der Waals surface area contributed by atoms with E-state index in [1.807, 2.05) is 7.05 Å². The number of nitrogens with one attached hydrogen (secondary N) is 3. The second-order valence-electron chi connectivity index (χ2n) is 8.72. The van der Waals surface area contributed by atoms with Crippen LogP contribution in [0, 0.1) is 0 Å². The van der Waals surface area contributed by atoms with Crippen LogP contribution in [0.1, 0.15) is 30.4 Å². The Balaban J connectivity index is 1.06. The number of aromatic amines is 1. The number of fused-ring (bicyclic) bond motifs is 1. The Bertz CT molecular complexity index is 992. The van der Waals surface area contributed by atoms with Crippen molar-refractivity contribution in [1.29, 1.82) is 0 Å². The topological polar surface area (TPSA) is 64.7 Å². The molecule has 2 heterocycles. The Kier molecular flexibility index (Phi) is 8.78. The average molecular weight is 448 g/mol. The Morgan fingerprint density at radius 3 is 2.61 bits per heavy atom. The summed E-state index contributed by atoms with van der Waals surface area (Å²) in [4.78, 5) is 10.2. The van der Waals surface area contributed by atoms with Crippen molar-refractivity contribution >= 4 is 16.9 Å². The highest BCUT2D eigenvalue weighted by Gasteiger charge is 2.19. The highest BCUT2D eigenvalue weighted by molar-refractivity contribution is 5.83. The molecule has 0 spiro atoms. The molecule has 0 amide bonds. The van der Waals surface area contributed by atoms with Gasteiger partial charge in [-0.1, -0.05) is 48.5 Å². The SMILES string of the molecule is CN=C(NCCCOC1CCN(Cc2ccccc2)CC1)NCCc1c[nH]c2ccccc12. The summed E-state index contributed by atoms with van der Waals surface area (Å²) in [6.45, 7) is 5.78. The van der Waals surface area contributed by atoms with Crippen molar-refractivity contribution in [2.75, 3.05) is 39.8 Å². The molecule has 0 aliphatic carbocycles. The number of piperidine rings is 1. The van der Waals surface area contributed by atoms with Gasteiger partial charge in [0.1, 0.15) is 0 Å². The number of H-pyrrole nitrogens is 1. The Morgan fingerprint density at radius 2 is 1.79 bits per heavy atom. The number of benzene rings is 2. The van der Waals surface area contributed by atoms with Crippen molar-refractivity contribution in [3.63, 3.8) is 0 Å². The molecule has 1 saturated heterocycles. The molecule has 6 heteroatoms. The zero-order chi connectivity index (χ0) is 22.7. The van der Waals surface area contributed by atoms with Crippen molar-refractivity contribution in [3.8, 4) is 0 Å².